The fourth-order valence-electron chi connectivity index (χ4n) is 2.14. The largest absolute Gasteiger partial charge is 0.382 e. The van der Waals surface area contributed by atoms with Crippen LogP contribution in [0.4, 0.5) is 11.4 Å². The number of rotatable bonds is 7. The van der Waals surface area contributed by atoms with E-state index in [2.05, 4.69) is 29.8 Å². The van der Waals surface area contributed by atoms with Crippen LogP contribution in [0, 0.1) is 5.92 Å². The van der Waals surface area contributed by atoms with Gasteiger partial charge in [0.25, 0.3) is 5.91 Å². The Kier molecular flexibility index (Phi) is 5.87. The minimum Gasteiger partial charge on any atom is -0.382 e. The van der Waals surface area contributed by atoms with Crippen LogP contribution in [0.3, 0.4) is 0 Å². The molecule has 0 saturated carbocycles. The molecule has 5 nitrogen and oxygen atoms in total. The van der Waals surface area contributed by atoms with Crippen molar-refractivity contribution in [1.82, 2.24) is 5.32 Å². The van der Waals surface area contributed by atoms with E-state index in [1.165, 1.54) is 0 Å². The highest BCUT2D eigenvalue weighted by molar-refractivity contribution is 5.96. The molecule has 1 aromatic carbocycles. The van der Waals surface area contributed by atoms with Gasteiger partial charge in [-0.2, -0.15) is 0 Å². The molecule has 0 atom stereocenters. The molecule has 0 aromatic heterocycles. The van der Waals surface area contributed by atoms with Gasteiger partial charge in [-0.1, -0.05) is 13.8 Å². The molecule has 0 saturated heterocycles. The summed E-state index contributed by atoms with van der Waals surface area (Å²) in [5.41, 5.74) is 2.71. The summed E-state index contributed by atoms with van der Waals surface area (Å²) in [4.78, 5) is 12.1. The molecule has 3 N–H and O–H groups in total. The SMILES string of the molecule is CC(C)CCOCCNC(=O)c1ccc2c(c1)NCCN2. The number of anilines is 2. The summed E-state index contributed by atoms with van der Waals surface area (Å²) in [5.74, 6) is 0.592. The van der Waals surface area contributed by atoms with E-state index < -0.39 is 0 Å². The van der Waals surface area contributed by atoms with E-state index in [1.54, 1.807) is 0 Å². The third-order valence-corrected chi connectivity index (χ3v) is 3.41. The molecule has 5 heteroatoms. The fraction of sp³-hybridized carbons (Fsp3) is 0.562. The van der Waals surface area contributed by atoms with E-state index in [0.29, 0.717) is 24.6 Å². The first-order chi connectivity index (χ1) is 10.2. The predicted molar refractivity (Wildman–Crippen MR) is 86.0 cm³/mol. The van der Waals surface area contributed by atoms with Crippen LogP contribution in [0.1, 0.15) is 30.6 Å². The van der Waals surface area contributed by atoms with Crippen molar-refractivity contribution in [3.8, 4) is 0 Å². The Morgan fingerprint density at radius 1 is 1.24 bits per heavy atom. The van der Waals surface area contributed by atoms with Gasteiger partial charge in [0.1, 0.15) is 0 Å². The van der Waals surface area contributed by atoms with E-state index in [1.807, 2.05) is 18.2 Å². The van der Waals surface area contributed by atoms with Crippen LogP contribution in [0.5, 0.6) is 0 Å². The molecule has 116 valence electrons. The second-order valence-electron chi connectivity index (χ2n) is 5.66. The highest BCUT2D eigenvalue weighted by Gasteiger charge is 2.11. The fourth-order valence-corrected chi connectivity index (χ4v) is 2.14. The first-order valence-corrected chi connectivity index (χ1v) is 7.64. The quantitative estimate of drug-likeness (QED) is 0.675. The van der Waals surface area contributed by atoms with Gasteiger partial charge < -0.3 is 20.7 Å². The van der Waals surface area contributed by atoms with E-state index >= 15 is 0 Å². The molecular weight excluding hydrogens is 266 g/mol. The molecule has 1 aromatic rings. The number of carbonyl (C=O) groups is 1. The molecule has 0 unspecified atom stereocenters. The Morgan fingerprint density at radius 2 is 2.00 bits per heavy atom. The second-order valence-corrected chi connectivity index (χ2v) is 5.66. The lowest BCUT2D eigenvalue weighted by Gasteiger charge is -2.20. The Hall–Kier alpha value is -1.75. The van der Waals surface area contributed by atoms with Crippen molar-refractivity contribution in [2.75, 3.05) is 43.5 Å². The average molecular weight is 291 g/mol. The van der Waals surface area contributed by atoms with Crippen LogP contribution >= 0.6 is 0 Å². The molecule has 2 rings (SSSR count). The maximum Gasteiger partial charge on any atom is 0.251 e. The lowest BCUT2D eigenvalue weighted by molar-refractivity contribution is 0.0906. The average Bonchev–Trinajstić information content (AvgIpc) is 2.49. The molecule has 1 aliphatic heterocycles. The van der Waals surface area contributed by atoms with E-state index in [9.17, 15) is 4.79 Å². The summed E-state index contributed by atoms with van der Waals surface area (Å²) in [6.45, 7) is 7.98. The van der Waals surface area contributed by atoms with Crippen molar-refractivity contribution in [2.24, 2.45) is 5.92 Å². The van der Waals surface area contributed by atoms with Crippen LogP contribution in [-0.4, -0.2) is 38.8 Å². The number of fused-ring (bicyclic) bond motifs is 1. The Bertz CT molecular complexity index is 475. The minimum absolute atomic E-state index is 0.0577. The number of ether oxygens (including phenoxy) is 1. The molecule has 1 heterocycles. The number of hydrogen-bond acceptors (Lipinski definition) is 4. The number of benzene rings is 1. The lowest BCUT2D eigenvalue weighted by Crippen LogP contribution is -2.28. The van der Waals surface area contributed by atoms with Crippen LogP contribution in [0.15, 0.2) is 18.2 Å². The lowest BCUT2D eigenvalue weighted by atomic mass is 10.1. The highest BCUT2D eigenvalue weighted by Crippen LogP contribution is 2.25. The maximum absolute atomic E-state index is 12.1. The number of amides is 1. The maximum atomic E-state index is 12.1. The summed E-state index contributed by atoms with van der Waals surface area (Å²) in [6, 6.07) is 5.67. The number of hydrogen-bond donors (Lipinski definition) is 3. The van der Waals surface area contributed by atoms with Crippen molar-refractivity contribution in [1.29, 1.82) is 0 Å². The normalized spacial score (nSPS) is 13.3. The first kappa shape index (κ1) is 15.6. The predicted octanol–water partition coefficient (Wildman–Crippen LogP) is 2.32. The monoisotopic (exact) mass is 291 g/mol. The molecule has 0 aliphatic carbocycles. The first-order valence-electron chi connectivity index (χ1n) is 7.64. The van der Waals surface area contributed by atoms with Crippen LogP contribution in [-0.2, 0) is 4.74 Å². The third kappa shape index (κ3) is 4.93. The molecule has 0 fully saturated rings. The topological polar surface area (TPSA) is 62.4 Å². The highest BCUT2D eigenvalue weighted by atomic mass is 16.5. The Morgan fingerprint density at radius 3 is 2.76 bits per heavy atom. The molecule has 21 heavy (non-hydrogen) atoms. The summed E-state index contributed by atoms with van der Waals surface area (Å²) >= 11 is 0. The third-order valence-electron chi connectivity index (χ3n) is 3.41. The van der Waals surface area contributed by atoms with Gasteiger partial charge in [0.15, 0.2) is 0 Å². The summed E-state index contributed by atoms with van der Waals surface area (Å²) in [5, 5.41) is 9.46. The zero-order valence-corrected chi connectivity index (χ0v) is 12.9. The smallest absolute Gasteiger partial charge is 0.251 e. The van der Waals surface area contributed by atoms with Crippen LogP contribution in [0.25, 0.3) is 0 Å². The summed E-state index contributed by atoms with van der Waals surface area (Å²) in [6.07, 6.45) is 1.05. The number of carbonyl (C=O) groups excluding carboxylic acids is 1. The molecular formula is C16H25N3O2. The van der Waals surface area contributed by atoms with Gasteiger partial charge in [-0.05, 0) is 30.5 Å². The van der Waals surface area contributed by atoms with Gasteiger partial charge in [0.05, 0.1) is 18.0 Å². The minimum atomic E-state index is -0.0577. The zero-order valence-electron chi connectivity index (χ0n) is 12.9. The molecule has 0 spiro atoms. The van der Waals surface area contributed by atoms with Gasteiger partial charge in [-0.15, -0.1) is 0 Å². The standard InChI is InChI=1S/C16H25N3O2/c1-12(2)5-9-21-10-8-19-16(20)13-3-4-14-15(11-13)18-7-6-17-14/h3-4,11-12,17-18H,5-10H2,1-2H3,(H,19,20). The second kappa shape index (κ2) is 7.88. The van der Waals surface area contributed by atoms with Crippen LogP contribution in [0.2, 0.25) is 0 Å². The van der Waals surface area contributed by atoms with Gasteiger partial charge in [0, 0.05) is 31.8 Å². The van der Waals surface area contributed by atoms with Crippen molar-refractivity contribution in [3.05, 3.63) is 23.8 Å². The van der Waals surface area contributed by atoms with Gasteiger partial charge in [0.2, 0.25) is 0 Å². The van der Waals surface area contributed by atoms with Crippen molar-refractivity contribution < 1.29 is 9.53 Å². The van der Waals surface area contributed by atoms with Gasteiger partial charge in [-0.3, -0.25) is 4.79 Å². The van der Waals surface area contributed by atoms with Crippen LogP contribution < -0.4 is 16.0 Å². The molecule has 0 bridgehead atoms. The number of nitrogens with one attached hydrogen (secondary N) is 3. The van der Waals surface area contributed by atoms with Gasteiger partial charge >= 0.3 is 0 Å². The molecule has 0 radical (unpaired) electrons. The van der Waals surface area contributed by atoms with Crippen molar-refractivity contribution in [3.63, 3.8) is 0 Å². The van der Waals surface area contributed by atoms with E-state index in [4.69, 9.17) is 4.74 Å². The van der Waals surface area contributed by atoms with Crippen molar-refractivity contribution in [2.45, 2.75) is 20.3 Å². The van der Waals surface area contributed by atoms with E-state index in [0.717, 1.165) is 37.5 Å². The molecule has 1 amide bonds. The van der Waals surface area contributed by atoms with E-state index in [-0.39, 0.29) is 5.91 Å². The zero-order chi connectivity index (χ0) is 15.1. The van der Waals surface area contributed by atoms with Crippen molar-refractivity contribution >= 4 is 17.3 Å². The Labute approximate surface area is 126 Å². The van der Waals surface area contributed by atoms with Gasteiger partial charge in [-0.25, -0.2) is 0 Å². The Balaban J connectivity index is 1.73. The summed E-state index contributed by atoms with van der Waals surface area (Å²) in [7, 11) is 0. The molecule has 1 aliphatic rings. The summed E-state index contributed by atoms with van der Waals surface area (Å²) < 4.78 is 5.48.